The quantitative estimate of drug-likeness (QED) is 0.0419. The van der Waals surface area contributed by atoms with Gasteiger partial charge in [-0.1, -0.05) is 154 Å². The number of hydrogen-bond acceptors (Lipinski definition) is 4. The van der Waals surface area contributed by atoms with Gasteiger partial charge >= 0.3 is 24.3 Å². The highest BCUT2D eigenvalue weighted by Crippen LogP contribution is 2.56. The summed E-state index contributed by atoms with van der Waals surface area (Å²) in [5.74, 6) is -1.48. The predicted octanol–water partition coefficient (Wildman–Crippen LogP) is 13.5. The molecule has 2 aromatic rings. The standard InChI is InChI=1S/C41H58F6O4/c1-3-5-7-9-11-13-15-17-19-21-23-37(48)50-35-29-25-33(26-30-35)39(40(42,43)44,41(45,46)47)34-27-31-36(32-28-34)51-38(49)24-22-20-18-16-14-12-10-8-6-4-2/h25-32H,3-24H2,1-2H3. The van der Waals surface area contributed by atoms with Crippen molar-refractivity contribution in [2.45, 2.75) is 173 Å². The zero-order chi connectivity index (χ0) is 37.6. The minimum Gasteiger partial charge on any atom is -0.427 e. The number of esters is 2. The predicted molar refractivity (Wildman–Crippen MR) is 190 cm³/mol. The fourth-order valence-electron chi connectivity index (χ4n) is 6.41. The molecule has 0 aliphatic heterocycles. The molecule has 0 unspecified atom stereocenters. The number of halogens is 6. The van der Waals surface area contributed by atoms with Crippen molar-refractivity contribution in [1.29, 1.82) is 0 Å². The molecule has 10 heteroatoms. The molecular formula is C41H58F6O4. The zero-order valence-corrected chi connectivity index (χ0v) is 30.6. The average Bonchev–Trinajstić information content (AvgIpc) is 3.07. The Hall–Kier alpha value is -3.04. The lowest BCUT2D eigenvalue weighted by Gasteiger charge is -2.38. The first-order valence-electron chi connectivity index (χ1n) is 19.1. The zero-order valence-electron chi connectivity index (χ0n) is 30.6. The van der Waals surface area contributed by atoms with Crippen LogP contribution in [0.25, 0.3) is 0 Å². The molecule has 0 aliphatic rings. The third-order valence-corrected chi connectivity index (χ3v) is 9.36. The lowest BCUT2D eigenvalue weighted by atomic mass is 9.73. The summed E-state index contributed by atoms with van der Waals surface area (Å²) in [5, 5.41) is 0. The maximum absolute atomic E-state index is 14.6. The van der Waals surface area contributed by atoms with Gasteiger partial charge in [-0.2, -0.15) is 26.3 Å². The largest absolute Gasteiger partial charge is 0.427 e. The number of benzene rings is 2. The molecule has 0 heterocycles. The normalized spacial score (nSPS) is 12.2. The fourth-order valence-corrected chi connectivity index (χ4v) is 6.41. The summed E-state index contributed by atoms with van der Waals surface area (Å²) < 4.78 is 98.1. The van der Waals surface area contributed by atoms with Gasteiger partial charge < -0.3 is 9.47 Å². The van der Waals surface area contributed by atoms with E-state index in [1.165, 1.54) is 64.2 Å². The van der Waals surface area contributed by atoms with Crippen molar-refractivity contribution in [1.82, 2.24) is 0 Å². The van der Waals surface area contributed by atoms with Crippen LogP contribution in [0.2, 0.25) is 0 Å². The highest BCUT2D eigenvalue weighted by atomic mass is 19.4. The van der Waals surface area contributed by atoms with Gasteiger partial charge in [0.1, 0.15) is 11.5 Å². The second-order valence-electron chi connectivity index (χ2n) is 13.6. The average molecular weight is 729 g/mol. The number of hydrogen-bond donors (Lipinski definition) is 0. The van der Waals surface area contributed by atoms with Gasteiger partial charge in [-0.05, 0) is 48.2 Å². The van der Waals surface area contributed by atoms with Gasteiger partial charge in [0.2, 0.25) is 5.41 Å². The highest BCUT2D eigenvalue weighted by Gasteiger charge is 2.72. The van der Waals surface area contributed by atoms with E-state index in [9.17, 15) is 35.9 Å². The first-order chi connectivity index (χ1) is 24.4. The van der Waals surface area contributed by atoms with Gasteiger partial charge in [0.25, 0.3) is 0 Å². The molecule has 0 aliphatic carbocycles. The van der Waals surface area contributed by atoms with Crippen molar-refractivity contribution in [2.75, 3.05) is 0 Å². The van der Waals surface area contributed by atoms with E-state index in [2.05, 4.69) is 13.8 Å². The van der Waals surface area contributed by atoms with Crippen molar-refractivity contribution in [3.8, 4) is 11.5 Å². The van der Waals surface area contributed by atoms with Gasteiger partial charge in [0.15, 0.2) is 0 Å². The van der Waals surface area contributed by atoms with Crippen LogP contribution in [0.4, 0.5) is 26.3 Å². The van der Waals surface area contributed by atoms with Crippen LogP contribution >= 0.6 is 0 Å². The summed E-state index contributed by atoms with van der Waals surface area (Å²) in [6.45, 7) is 4.35. The van der Waals surface area contributed by atoms with E-state index in [4.69, 9.17) is 9.47 Å². The van der Waals surface area contributed by atoms with Crippen LogP contribution in [0.1, 0.15) is 166 Å². The SMILES string of the molecule is CCCCCCCCCCCCC(=O)Oc1ccc(C(c2ccc(OC(=O)CCCCCCCCCCCC)cc2)(C(F)(F)F)C(F)(F)F)cc1. The monoisotopic (exact) mass is 728 g/mol. The van der Waals surface area contributed by atoms with E-state index in [-0.39, 0.29) is 24.3 Å². The molecule has 2 aromatic carbocycles. The number of ether oxygens (including phenoxy) is 2. The molecule has 51 heavy (non-hydrogen) atoms. The van der Waals surface area contributed by atoms with Crippen molar-refractivity contribution < 1.29 is 45.4 Å². The molecule has 0 spiro atoms. The van der Waals surface area contributed by atoms with Gasteiger partial charge in [-0.15, -0.1) is 0 Å². The lowest BCUT2D eigenvalue weighted by Crippen LogP contribution is -2.54. The fraction of sp³-hybridized carbons (Fsp3) is 0.659. The third-order valence-electron chi connectivity index (χ3n) is 9.36. The first-order valence-corrected chi connectivity index (χ1v) is 19.1. The summed E-state index contributed by atoms with van der Waals surface area (Å²) in [5.41, 5.74) is -6.54. The molecule has 0 saturated carbocycles. The summed E-state index contributed by atoms with van der Waals surface area (Å²) >= 11 is 0. The van der Waals surface area contributed by atoms with E-state index >= 15 is 0 Å². The Balaban J connectivity index is 1.96. The maximum atomic E-state index is 14.6. The Morgan fingerprint density at radius 2 is 0.686 bits per heavy atom. The molecule has 0 N–H and O–H groups in total. The number of alkyl halides is 6. The Morgan fingerprint density at radius 3 is 0.941 bits per heavy atom. The Morgan fingerprint density at radius 1 is 0.431 bits per heavy atom. The Bertz CT molecular complexity index is 1140. The van der Waals surface area contributed by atoms with Gasteiger partial charge in [0, 0.05) is 12.8 Å². The Kier molecular flexibility index (Phi) is 20.3. The van der Waals surface area contributed by atoms with Crippen molar-refractivity contribution in [2.24, 2.45) is 0 Å². The maximum Gasteiger partial charge on any atom is 0.411 e. The van der Waals surface area contributed by atoms with Crippen molar-refractivity contribution >= 4 is 11.9 Å². The van der Waals surface area contributed by atoms with Crippen molar-refractivity contribution in [3.05, 3.63) is 59.7 Å². The summed E-state index contributed by atoms with van der Waals surface area (Å²) in [4.78, 5) is 24.6. The van der Waals surface area contributed by atoms with Crippen LogP contribution in [0.5, 0.6) is 11.5 Å². The number of rotatable bonds is 26. The molecule has 0 saturated heterocycles. The van der Waals surface area contributed by atoms with Crippen LogP contribution in [-0.2, 0) is 15.0 Å². The van der Waals surface area contributed by atoms with E-state index in [1.54, 1.807) is 0 Å². The minimum absolute atomic E-state index is 0.101. The van der Waals surface area contributed by atoms with E-state index in [0.717, 1.165) is 75.6 Å². The van der Waals surface area contributed by atoms with Crippen LogP contribution in [0.15, 0.2) is 48.5 Å². The molecule has 0 aromatic heterocycles. The molecule has 0 fully saturated rings. The molecule has 0 atom stereocenters. The van der Waals surface area contributed by atoms with E-state index in [0.29, 0.717) is 37.1 Å². The highest BCUT2D eigenvalue weighted by molar-refractivity contribution is 5.73. The minimum atomic E-state index is -5.79. The molecule has 4 nitrogen and oxygen atoms in total. The van der Waals surface area contributed by atoms with Crippen LogP contribution in [-0.4, -0.2) is 24.3 Å². The molecule has 2 rings (SSSR count). The first kappa shape index (κ1) is 44.1. The van der Waals surface area contributed by atoms with Gasteiger partial charge in [-0.3, -0.25) is 9.59 Å². The number of unbranched alkanes of at least 4 members (excludes halogenated alkanes) is 18. The smallest absolute Gasteiger partial charge is 0.411 e. The lowest BCUT2D eigenvalue weighted by molar-refractivity contribution is -0.288. The molecule has 0 amide bonds. The summed E-state index contributed by atoms with van der Waals surface area (Å²) in [7, 11) is 0. The molecule has 288 valence electrons. The molecule has 0 bridgehead atoms. The summed E-state index contributed by atoms with van der Waals surface area (Å²) in [6, 6.07) is 6.52. The van der Waals surface area contributed by atoms with Crippen molar-refractivity contribution in [3.63, 3.8) is 0 Å². The number of carbonyl (C=O) groups excluding carboxylic acids is 2. The summed E-state index contributed by atoms with van der Waals surface area (Å²) in [6.07, 6.45) is 10.2. The second kappa shape index (κ2) is 23.5. The number of carbonyl (C=O) groups is 2. The van der Waals surface area contributed by atoms with Gasteiger partial charge in [0.05, 0.1) is 0 Å². The second-order valence-corrected chi connectivity index (χ2v) is 13.6. The Labute approximate surface area is 301 Å². The van der Waals surface area contributed by atoms with Crippen LogP contribution < -0.4 is 9.47 Å². The molecule has 0 radical (unpaired) electrons. The van der Waals surface area contributed by atoms with Crippen LogP contribution in [0.3, 0.4) is 0 Å². The van der Waals surface area contributed by atoms with E-state index in [1.807, 2.05) is 0 Å². The van der Waals surface area contributed by atoms with Gasteiger partial charge in [-0.25, -0.2) is 0 Å². The topological polar surface area (TPSA) is 52.6 Å². The third kappa shape index (κ3) is 15.2. The molecular weight excluding hydrogens is 670 g/mol. The van der Waals surface area contributed by atoms with E-state index < -0.39 is 40.8 Å². The van der Waals surface area contributed by atoms with Crippen LogP contribution in [0, 0.1) is 0 Å².